The summed E-state index contributed by atoms with van der Waals surface area (Å²) in [5.74, 6) is 0.134. The van der Waals surface area contributed by atoms with Crippen LogP contribution in [0.4, 0.5) is 0 Å². The van der Waals surface area contributed by atoms with Gasteiger partial charge >= 0.3 is 5.97 Å². The Bertz CT molecular complexity index is 457. The van der Waals surface area contributed by atoms with Crippen LogP contribution in [0.25, 0.3) is 0 Å². The molecule has 19 heavy (non-hydrogen) atoms. The molecule has 0 amide bonds. The summed E-state index contributed by atoms with van der Waals surface area (Å²) in [6.07, 6.45) is 7.57. The number of esters is 1. The molecule has 0 saturated heterocycles. The lowest BCUT2D eigenvalue weighted by Crippen LogP contribution is -2.29. The molecule has 1 aliphatic heterocycles. The van der Waals surface area contributed by atoms with E-state index in [2.05, 4.69) is 0 Å². The Balaban J connectivity index is 2.67. The number of cyclic esters (lactones) is 1. The van der Waals surface area contributed by atoms with E-state index in [0.29, 0.717) is 24.2 Å². The van der Waals surface area contributed by atoms with E-state index in [1.54, 1.807) is 26.0 Å². The van der Waals surface area contributed by atoms with E-state index < -0.39 is 5.60 Å². The first kappa shape index (κ1) is 15.2. The van der Waals surface area contributed by atoms with Crippen LogP contribution in [0.2, 0.25) is 0 Å². The van der Waals surface area contributed by atoms with Crippen LogP contribution in [-0.2, 0) is 19.1 Å². The van der Waals surface area contributed by atoms with Crippen molar-refractivity contribution in [1.29, 1.82) is 0 Å². The van der Waals surface area contributed by atoms with Crippen molar-refractivity contribution >= 4 is 11.8 Å². The molecule has 0 radical (unpaired) electrons. The third-order valence-corrected chi connectivity index (χ3v) is 3.08. The first-order valence-electron chi connectivity index (χ1n) is 6.25. The van der Waals surface area contributed by atoms with Gasteiger partial charge in [-0.1, -0.05) is 18.2 Å². The Labute approximate surface area is 113 Å². The summed E-state index contributed by atoms with van der Waals surface area (Å²) in [4.78, 5) is 23.2. The lowest BCUT2D eigenvalue weighted by atomic mass is 9.95. The third-order valence-electron chi connectivity index (χ3n) is 3.08. The van der Waals surface area contributed by atoms with E-state index in [-0.39, 0.29) is 11.8 Å². The van der Waals surface area contributed by atoms with Crippen molar-refractivity contribution in [2.24, 2.45) is 0 Å². The highest BCUT2D eigenvalue weighted by molar-refractivity contribution is 5.92. The first-order valence-corrected chi connectivity index (χ1v) is 6.25. The molecule has 104 valence electrons. The van der Waals surface area contributed by atoms with Gasteiger partial charge in [-0.2, -0.15) is 0 Å². The molecular weight excluding hydrogens is 244 g/mol. The quantitative estimate of drug-likeness (QED) is 0.420. The van der Waals surface area contributed by atoms with Crippen LogP contribution in [-0.4, -0.2) is 24.5 Å². The Morgan fingerprint density at radius 3 is 2.68 bits per heavy atom. The number of ketones is 1. The van der Waals surface area contributed by atoms with Crippen molar-refractivity contribution in [3.05, 3.63) is 35.6 Å². The molecule has 0 aromatic rings. The Hall–Kier alpha value is -1.84. The molecule has 0 bridgehead atoms. The summed E-state index contributed by atoms with van der Waals surface area (Å²) in [5.41, 5.74) is -0.359. The molecule has 1 heterocycles. The van der Waals surface area contributed by atoms with Crippen molar-refractivity contribution in [2.45, 2.75) is 39.2 Å². The van der Waals surface area contributed by atoms with E-state index in [9.17, 15) is 9.59 Å². The van der Waals surface area contributed by atoms with Crippen molar-refractivity contribution in [1.82, 2.24) is 0 Å². The van der Waals surface area contributed by atoms with Crippen molar-refractivity contribution < 1.29 is 19.1 Å². The van der Waals surface area contributed by atoms with Gasteiger partial charge in [0.05, 0.1) is 12.7 Å². The van der Waals surface area contributed by atoms with Gasteiger partial charge < -0.3 is 9.47 Å². The van der Waals surface area contributed by atoms with E-state index in [4.69, 9.17) is 9.47 Å². The lowest BCUT2D eigenvalue weighted by Gasteiger charge is -2.24. The molecule has 1 unspecified atom stereocenters. The highest BCUT2D eigenvalue weighted by Gasteiger charge is 2.43. The maximum Gasteiger partial charge on any atom is 0.338 e. The second-order valence-corrected chi connectivity index (χ2v) is 4.63. The molecule has 1 aliphatic rings. The second-order valence-electron chi connectivity index (χ2n) is 4.63. The van der Waals surface area contributed by atoms with Gasteiger partial charge in [-0.05, 0) is 26.8 Å². The number of hydrogen-bond acceptors (Lipinski definition) is 4. The van der Waals surface area contributed by atoms with Gasteiger partial charge in [0.2, 0.25) is 0 Å². The van der Waals surface area contributed by atoms with Crippen LogP contribution in [0.1, 0.15) is 33.6 Å². The van der Waals surface area contributed by atoms with E-state index in [1.165, 1.54) is 13.2 Å². The highest BCUT2D eigenvalue weighted by atomic mass is 16.6. The fourth-order valence-electron chi connectivity index (χ4n) is 2.07. The SMILES string of the molecule is CC=CC=CC(=O)CCC1(C)OC(=O)C(C)=C1OC. The van der Waals surface area contributed by atoms with Crippen LogP contribution >= 0.6 is 0 Å². The van der Waals surface area contributed by atoms with Crippen LogP contribution in [0.5, 0.6) is 0 Å². The van der Waals surface area contributed by atoms with E-state index in [0.717, 1.165) is 0 Å². The fraction of sp³-hybridized carbons (Fsp3) is 0.467. The van der Waals surface area contributed by atoms with E-state index in [1.807, 2.05) is 13.0 Å². The standard InChI is InChI=1S/C15H20O4/c1-5-6-7-8-12(16)9-10-15(3)13(18-4)11(2)14(17)19-15/h5-8H,9-10H2,1-4H3. The van der Waals surface area contributed by atoms with Crippen LogP contribution in [0.3, 0.4) is 0 Å². The summed E-state index contributed by atoms with van der Waals surface area (Å²) in [5, 5.41) is 0. The minimum atomic E-state index is -0.833. The summed E-state index contributed by atoms with van der Waals surface area (Å²) >= 11 is 0. The maximum absolute atomic E-state index is 11.7. The van der Waals surface area contributed by atoms with E-state index >= 15 is 0 Å². The first-order chi connectivity index (χ1) is 8.94. The molecule has 4 heteroatoms. The third kappa shape index (κ3) is 3.56. The highest BCUT2D eigenvalue weighted by Crippen LogP contribution is 2.36. The average molecular weight is 264 g/mol. The maximum atomic E-state index is 11.7. The molecule has 0 aliphatic carbocycles. The molecule has 1 rings (SSSR count). The molecule has 0 saturated carbocycles. The van der Waals surface area contributed by atoms with Gasteiger partial charge in [0.25, 0.3) is 0 Å². The Morgan fingerprint density at radius 2 is 2.11 bits per heavy atom. The number of rotatable bonds is 6. The minimum absolute atomic E-state index is 0.00428. The summed E-state index contributed by atoms with van der Waals surface area (Å²) in [7, 11) is 1.51. The van der Waals surface area contributed by atoms with Gasteiger partial charge in [0, 0.05) is 12.8 Å². The molecule has 0 aromatic carbocycles. The van der Waals surface area contributed by atoms with Crippen LogP contribution in [0.15, 0.2) is 35.6 Å². The zero-order chi connectivity index (χ0) is 14.5. The zero-order valence-electron chi connectivity index (χ0n) is 11.9. The minimum Gasteiger partial charge on any atom is -0.496 e. The topological polar surface area (TPSA) is 52.6 Å². The van der Waals surface area contributed by atoms with Crippen LogP contribution < -0.4 is 0 Å². The smallest absolute Gasteiger partial charge is 0.338 e. The Morgan fingerprint density at radius 1 is 1.42 bits per heavy atom. The number of allylic oxidation sites excluding steroid dienone is 4. The molecular formula is C15H20O4. The number of ether oxygens (including phenoxy) is 2. The van der Waals surface area contributed by atoms with Crippen molar-refractivity contribution in [3.8, 4) is 0 Å². The Kier molecular flexibility index (Phi) is 5.10. The van der Waals surface area contributed by atoms with Gasteiger partial charge in [-0.25, -0.2) is 4.79 Å². The number of methoxy groups -OCH3 is 1. The summed E-state index contributed by atoms with van der Waals surface area (Å²) in [6, 6.07) is 0. The molecule has 0 fully saturated rings. The largest absolute Gasteiger partial charge is 0.496 e. The van der Waals surface area contributed by atoms with Gasteiger partial charge in [-0.3, -0.25) is 4.79 Å². The monoisotopic (exact) mass is 264 g/mol. The van der Waals surface area contributed by atoms with Crippen LogP contribution in [0, 0.1) is 0 Å². The summed E-state index contributed by atoms with van der Waals surface area (Å²) < 4.78 is 10.5. The predicted octanol–water partition coefficient (Wildman–Crippen LogP) is 2.70. The molecule has 4 nitrogen and oxygen atoms in total. The summed E-state index contributed by atoms with van der Waals surface area (Å²) in [6.45, 7) is 5.32. The number of carbonyl (C=O) groups is 2. The van der Waals surface area contributed by atoms with Gasteiger partial charge in [-0.15, -0.1) is 0 Å². The molecule has 1 atom stereocenters. The van der Waals surface area contributed by atoms with Gasteiger partial charge in [0.1, 0.15) is 5.76 Å². The predicted molar refractivity (Wildman–Crippen MR) is 72.4 cm³/mol. The molecule has 0 spiro atoms. The molecule has 0 N–H and O–H groups in total. The fourth-order valence-corrected chi connectivity index (χ4v) is 2.07. The number of hydrogen-bond donors (Lipinski definition) is 0. The zero-order valence-corrected chi connectivity index (χ0v) is 11.9. The second kappa shape index (κ2) is 6.36. The molecule has 0 aromatic heterocycles. The number of carbonyl (C=O) groups excluding carboxylic acids is 2. The average Bonchev–Trinajstić information content (AvgIpc) is 2.58. The lowest BCUT2D eigenvalue weighted by molar-refractivity contribution is -0.148. The van der Waals surface area contributed by atoms with Crippen molar-refractivity contribution in [2.75, 3.05) is 7.11 Å². The normalized spacial score (nSPS) is 23.5. The van der Waals surface area contributed by atoms with Gasteiger partial charge in [0.15, 0.2) is 11.4 Å². The van der Waals surface area contributed by atoms with Crippen molar-refractivity contribution in [3.63, 3.8) is 0 Å².